The zero-order valence-corrected chi connectivity index (χ0v) is 84.5. The van der Waals surface area contributed by atoms with Gasteiger partial charge in [-0.05, 0) is 153 Å². The van der Waals surface area contributed by atoms with E-state index in [0.717, 1.165) is 5.92 Å². The van der Waals surface area contributed by atoms with Crippen molar-refractivity contribution in [1.29, 1.82) is 0 Å². The topological polar surface area (TPSA) is 0 Å². The molecular weight excluding hydrogens is 1450 g/mol. The lowest BCUT2D eigenvalue weighted by Gasteiger charge is -2.18. The van der Waals surface area contributed by atoms with Gasteiger partial charge in [0.1, 0.15) is 0 Å². The van der Waals surface area contributed by atoms with Gasteiger partial charge in [0.2, 0.25) is 0 Å². The van der Waals surface area contributed by atoms with Gasteiger partial charge in [-0.2, -0.15) is 0 Å². The third-order valence-corrected chi connectivity index (χ3v) is 17.1. The zero-order valence-electron chi connectivity index (χ0n) is 84.5. The minimum Gasteiger partial charge on any atom is -0.0683 e. The molecule has 0 spiro atoms. The highest BCUT2D eigenvalue weighted by Crippen LogP contribution is 2.38. The molecule has 0 saturated carbocycles. The van der Waals surface area contributed by atoms with Crippen LogP contribution in [0.3, 0.4) is 0 Å². The Balaban J connectivity index is -0.000000314. The van der Waals surface area contributed by atoms with Crippen LogP contribution in [0.25, 0.3) is 77.5 Å². The summed E-state index contributed by atoms with van der Waals surface area (Å²) in [5, 5.41) is 2.76. The van der Waals surface area contributed by atoms with Gasteiger partial charge in [0.05, 0.1) is 0 Å². The molecule has 0 atom stereocenters. The zero-order chi connectivity index (χ0) is 93.3. The number of benzene rings is 13. The summed E-state index contributed by atoms with van der Waals surface area (Å²) in [5.74, 6) is 3.62. The lowest BCUT2D eigenvalue weighted by Crippen LogP contribution is -1.96. The highest BCUT2D eigenvalue weighted by molar-refractivity contribution is 5.86. The smallest absolute Gasteiger partial charge is 0.0143 e. The van der Waals surface area contributed by atoms with Crippen molar-refractivity contribution in [3.05, 3.63) is 373 Å². The van der Waals surface area contributed by atoms with Crippen molar-refractivity contribution in [3.63, 3.8) is 0 Å². The van der Waals surface area contributed by atoms with E-state index in [2.05, 4.69) is 405 Å². The molecule has 13 aromatic carbocycles. The Morgan fingerprint density at radius 3 is 0.678 bits per heavy atom. The SMILES string of the molecule is CC.CC.CC.CC.CC.CC.CC.CC.CC.CC.CC.CC.CC.CC(C)Cc1cccc2ccccc12.CC(C)c1c(-c2ccccc2)cccc1-c1ccccc1.CC(C)c1ccc(-c2ccc(-c3ccccc3)cc2)cc1.CC(C)c1ccc(-c2ccccc2)cc1.CC(C)c1ccccc1.CC(C)c1ccccc1-c1ccccc1. The van der Waals surface area contributed by atoms with Crippen molar-refractivity contribution in [2.24, 2.45) is 5.92 Å². The van der Waals surface area contributed by atoms with Crippen LogP contribution >= 0.6 is 0 Å². The molecule has 13 rings (SSSR count). The average Bonchev–Trinajstić information content (AvgIpc) is 0.813. The highest BCUT2D eigenvalue weighted by Gasteiger charge is 2.15. The first kappa shape index (κ1) is 122. The first-order valence-corrected chi connectivity index (χ1v) is 47.5. The van der Waals surface area contributed by atoms with Crippen LogP contribution < -0.4 is 0 Å². The second-order valence-electron chi connectivity index (χ2n) is 26.4. The van der Waals surface area contributed by atoms with Gasteiger partial charge in [0.25, 0.3) is 0 Å². The molecule has 13 aromatic rings. The number of rotatable bonds is 13. The molecule has 0 heterocycles. The Hall–Kier alpha value is -9.88. The predicted octanol–water partition coefficient (Wildman–Crippen LogP) is 41.4. The molecule has 0 aliphatic heterocycles. The maximum absolute atomic E-state index is 2.27. The van der Waals surface area contributed by atoms with Gasteiger partial charge in [-0.25, -0.2) is 0 Å². The van der Waals surface area contributed by atoms with Crippen LogP contribution in [-0.4, -0.2) is 0 Å². The quantitative estimate of drug-likeness (QED) is 0.108. The summed E-state index contributed by atoms with van der Waals surface area (Å²) in [6.45, 7) is 78.8. The maximum atomic E-state index is 2.27. The molecule has 121 heavy (non-hydrogen) atoms. The van der Waals surface area contributed by atoms with Crippen molar-refractivity contribution >= 4 is 10.8 Å². The summed E-state index contributed by atoms with van der Waals surface area (Å²) in [4.78, 5) is 0. The average molecular weight is 1630 g/mol. The molecule has 0 aromatic heterocycles. The van der Waals surface area contributed by atoms with E-state index in [4.69, 9.17) is 0 Å². The van der Waals surface area contributed by atoms with E-state index >= 15 is 0 Å². The second kappa shape index (κ2) is 83.8. The third-order valence-electron chi connectivity index (χ3n) is 17.1. The molecule has 0 radical (unpaired) electrons. The summed E-state index contributed by atoms with van der Waals surface area (Å²) in [6, 6.07) is 120. The van der Waals surface area contributed by atoms with Gasteiger partial charge < -0.3 is 0 Å². The summed E-state index contributed by atoms with van der Waals surface area (Å²) >= 11 is 0. The Kier molecular flexibility index (Phi) is 84.4. The van der Waals surface area contributed by atoms with Gasteiger partial charge in [0, 0.05) is 0 Å². The molecule has 0 fully saturated rings. The Labute approximate surface area is 750 Å². The summed E-state index contributed by atoms with van der Waals surface area (Å²) in [6.07, 6.45) is 1.17. The number of fused-ring (bicyclic) bond motifs is 1. The number of hydrogen-bond donors (Lipinski definition) is 0. The molecule has 662 valence electrons. The molecule has 0 saturated heterocycles. The standard InChI is InChI=1S/2C21H20.2C15H16.C14H16.C9H12.13C2H6/c1-16(2)21-19(17-10-5-3-6-11-17)14-9-15-20(21)18-12-7-4-8-13-18;1-16(2)17-8-10-20(11-9-17)21-14-12-19(13-15-21)18-6-4-3-5-7-18;1-12(2)14-10-6-7-11-15(14)13-8-4-3-5-9-13;1-12(2)13-8-10-15(11-9-13)14-6-4-3-5-7-14;1-11(2)10-13-8-5-7-12-6-3-4-9-14(12)13;1-8(2)9-6-4-3-5-7-9;13*1-2/h2*3-16H,1-2H3;2*3-12H,1-2H3;3-9,11H,10H2,1-2H3;3-8H,1-2H3;13*1-2H3. The van der Waals surface area contributed by atoms with Crippen LogP contribution in [0.2, 0.25) is 0 Å². The van der Waals surface area contributed by atoms with E-state index in [-0.39, 0.29) is 0 Å². The van der Waals surface area contributed by atoms with Crippen LogP contribution in [0.4, 0.5) is 0 Å². The Morgan fingerprint density at radius 2 is 0.388 bits per heavy atom. The molecule has 0 N–H and O–H groups in total. The minimum absolute atomic E-state index is 0.483. The van der Waals surface area contributed by atoms with Gasteiger partial charge in [-0.3, -0.25) is 0 Å². The largest absolute Gasteiger partial charge is 0.0683 e. The van der Waals surface area contributed by atoms with E-state index in [1.165, 1.54) is 117 Å². The molecule has 0 nitrogen and oxygen atoms in total. The van der Waals surface area contributed by atoms with Crippen molar-refractivity contribution in [3.8, 4) is 66.8 Å². The fraction of sp³-hybridized carbons (Fsp3) is 0.372. The van der Waals surface area contributed by atoms with Crippen LogP contribution in [0.5, 0.6) is 0 Å². The fourth-order valence-corrected chi connectivity index (χ4v) is 11.8. The molecule has 0 bridgehead atoms. The van der Waals surface area contributed by atoms with Crippen molar-refractivity contribution in [1.82, 2.24) is 0 Å². The van der Waals surface area contributed by atoms with E-state index < -0.39 is 0 Å². The molecule has 0 amide bonds. The molecule has 0 aliphatic carbocycles. The first-order valence-electron chi connectivity index (χ1n) is 47.5. The minimum atomic E-state index is 0.483. The van der Waals surface area contributed by atoms with Crippen molar-refractivity contribution < 1.29 is 0 Å². The predicted molar refractivity (Wildman–Crippen MR) is 565 cm³/mol. The summed E-state index contributed by atoms with van der Waals surface area (Å²) in [5.41, 5.74) is 24.1. The first-order chi connectivity index (χ1) is 59.1. The van der Waals surface area contributed by atoms with Gasteiger partial charge >= 0.3 is 0 Å². The number of hydrogen-bond acceptors (Lipinski definition) is 0. The van der Waals surface area contributed by atoms with Crippen molar-refractivity contribution in [2.45, 2.75) is 299 Å². The van der Waals surface area contributed by atoms with E-state index in [1.54, 1.807) is 0 Å². The summed E-state index contributed by atoms with van der Waals surface area (Å²) < 4.78 is 0. The highest BCUT2D eigenvalue weighted by atomic mass is 14.2. The lowest BCUT2D eigenvalue weighted by molar-refractivity contribution is 0.650. The van der Waals surface area contributed by atoms with Gasteiger partial charge in [-0.15, -0.1) is 0 Å². The molecular formula is C121H178. The van der Waals surface area contributed by atoms with Gasteiger partial charge in [0.15, 0.2) is 0 Å². The van der Waals surface area contributed by atoms with Crippen molar-refractivity contribution in [2.75, 3.05) is 0 Å². The maximum Gasteiger partial charge on any atom is -0.0143 e. The molecule has 0 heteroatoms. The Morgan fingerprint density at radius 1 is 0.165 bits per heavy atom. The summed E-state index contributed by atoms with van der Waals surface area (Å²) in [7, 11) is 0. The third kappa shape index (κ3) is 49.0. The monoisotopic (exact) mass is 1630 g/mol. The van der Waals surface area contributed by atoms with Crippen LogP contribution in [0.15, 0.2) is 340 Å². The lowest BCUT2D eigenvalue weighted by atomic mass is 9.86. The van der Waals surface area contributed by atoms with Gasteiger partial charge in [-0.1, -0.05) is 603 Å². The molecule has 0 unspecified atom stereocenters. The van der Waals surface area contributed by atoms with E-state index in [9.17, 15) is 0 Å². The van der Waals surface area contributed by atoms with Crippen LogP contribution in [0.1, 0.15) is 326 Å². The fourth-order valence-electron chi connectivity index (χ4n) is 11.8. The Bertz CT molecular complexity index is 4170. The van der Waals surface area contributed by atoms with E-state index in [0.29, 0.717) is 29.6 Å². The van der Waals surface area contributed by atoms with Crippen LogP contribution in [0, 0.1) is 5.92 Å². The normalized spacial score (nSPS) is 9.06. The van der Waals surface area contributed by atoms with Crippen LogP contribution in [-0.2, 0) is 6.42 Å². The second-order valence-corrected chi connectivity index (χ2v) is 26.4. The molecule has 0 aliphatic rings. The van der Waals surface area contributed by atoms with E-state index in [1.807, 2.05) is 198 Å².